The predicted octanol–water partition coefficient (Wildman–Crippen LogP) is 1.62. The first-order valence-electron chi connectivity index (χ1n) is 6.76. The Hall–Kier alpha value is -0.650. The second kappa shape index (κ2) is 6.20. The van der Waals surface area contributed by atoms with Crippen LogP contribution in [0, 0.1) is 5.92 Å². The van der Waals surface area contributed by atoms with Gasteiger partial charge in [0.1, 0.15) is 0 Å². The quantitative estimate of drug-likeness (QED) is 0.918. The molecule has 0 bridgehead atoms. The van der Waals surface area contributed by atoms with Crippen LogP contribution in [-0.4, -0.2) is 39.0 Å². The summed E-state index contributed by atoms with van der Waals surface area (Å²) in [7, 11) is 0. The van der Waals surface area contributed by atoms with E-state index in [1.54, 1.807) is 0 Å². The average molecular weight is 288 g/mol. The topological polar surface area (TPSA) is 60.0 Å². The van der Waals surface area contributed by atoms with Crippen molar-refractivity contribution in [1.82, 2.24) is 19.9 Å². The summed E-state index contributed by atoms with van der Waals surface area (Å²) in [5.41, 5.74) is 6.81. The van der Waals surface area contributed by atoms with Crippen molar-refractivity contribution in [2.75, 3.05) is 13.1 Å². The van der Waals surface area contributed by atoms with Gasteiger partial charge in [-0.2, -0.15) is 0 Å². The van der Waals surface area contributed by atoms with Gasteiger partial charge in [0.2, 0.25) is 0 Å². The van der Waals surface area contributed by atoms with Crippen molar-refractivity contribution in [3.8, 4) is 0 Å². The molecule has 2 N–H and O–H groups in total. The van der Waals surface area contributed by atoms with Crippen LogP contribution in [0.5, 0.6) is 0 Å². The number of halogens is 1. The predicted molar refractivity (Wildman–Crippen MR) is 79.3 cm³/mol. The van der Waals surface area contributed by atoms with Crippen molar-refractivity contribution in [3.05, 3.63) is 11.9 Å². The van der Waals surface area contributed by atoms with Crippen LogP contribution in [0.3, 0.4) is 0 Å². The molecule has 19 heavy (non-hydrogen) atoms. The van der Waals surface area contributed by atoms with Crippen molar-refractivity contribution < 1.29 is 0 Å². The standard InChI is InChI=1S/C13H25N5.ClH/c1-10-5-11(6-14)7-17(10)8-12-9-18(16-15-12)13(2,3)4;/h9-11H,5-8,14H2,1-4H3;1H. The molecule has 0 aliphatic carbocycles. The first-order valence-corrected chi connectivity index (χ1v) is 6.76. The van der Waals surface area contributed by atoms with Gasteiger partial charge >= 0.3 is 0 Å². The molecule has 1 aliphatic heterocycles. The van der Waals surface area contributed by atoms with Crippen LogP contribution in [0.2, 0.25) is 0 Å². The van der Waals surface area contributed by atoms with E-state index in [1.165, 1.54) is 6.42 Å². The highest BCUT2D eigenvalue weighted by molar-refractivity contribution is 5.85. The zero-order chi connectivity index (χ0) is 13.3. The molecule has 6 heteroatoms. The molecular formula is C13H26ClN5. The fraction of sp³-hybridized carbons (Fsp3) is 0.846. The van der Waals surface area contributed by atoms with Crippen molar-refractivity contribution in [3.63, 3.8) is 0 Å². The first-order chi connectivity index (χ1) is 8.40. The minimum absolute atomic E-state index is 0. The van der Waals surface area contributed by atoms with E-state index in [4.69, 9.17) is 5.73 Å². The van der Waals surface area contributed by atoms with E-state index in [0.717, 1.165) is 25.3 Å². The lowest BCUT2D eigenvalue weighted by Gasteiger charge is -2.20. The molecule has 1 fully saturated rings. The van der Waals surface area contributed by atoms with E-state index in [9.17, 15) is 0 Å². The van der Waals surface area contributed by atoms with Gasteiger partial charge in [-0.3, -0.25) is 4.90 Å². The van der Waals surface area contributed by atoms with Gasteiger partial charge in [0.05, 0.1) is 17.4 Å². The number of hydrogen-bond donors (Lipinski definition) is 1. The maximum absolute atomic E-state index is 5.75. The fourth-order valence-corrected chi connectivity index (χ4v) is 2.52. The molecule has 1 aliphatic rings. The molecule has 1 saturated heterocycles. The lowest BCUT2D eigenvalue weighted by atomic mass is 10.1. The zero-order valence-corrected chi connectivity index (χ0v) is 13.2. The molecule has 0 saturated carbocycles. The number of likely N-dealkylation sites (tertiary alicyclic amines) is 1. The third-order valence-electron chi connectivity index (χ3n) is 3.72. The molecule has 0 spiro atoms. The van der Waals surface area contributed by atoms with Gasteiger partial charge < -0.3 is 5.73 Å². The molecule has 2 atom stereocenters. The SMILES string of the molecule is CC1CC(CN)CN1Cc1cn(C(C)(C)C)nn1.Cl. The minimum atomic E-state index is 0. The molecular weight excluding hydrogens is 262 g/mol. The molecule has 1 aromatic rings. The van der Waals surface area contributed by atoms with Crippen molar-refractivity contribution in [2.45, 2.75) is 52.2 Å². The van der Waals surface area contributed by atoms with Gasteiger partial charge in [-0.15, -0.1) is 17.5 Å². The molecule has 2 heterocycles. The minimum Gasteiger partial charge on any atom is -0.330 e. The summed E-state index contributed by atoms with van der Waals surface area (Å²) in [5.74, 6) is 0.637. The van der Waals surface area contributed by atoms with Crippen LogP contribution in [0.15, 0.2) is 6.20 Å². The molecule has 2 rings (SSSR count). The second-order valence-electron chi connectivity index (χ2n) is 6.44. The molecule has 1 aromatic heterocycles. The third-order valence-corrected chi connectivity index (χ3v) is 3.72. The Kier molecular flexibility index (Phi) is 5.35. The first kappa shape index (κ1) is 16.4. The van der Waals surface area contributed by atoms with Crippen LogP contribution in [0.25, 0.3) is 0 Å². The Bertz CT molecular complexity index is 398. The number of rotatable bonds is 3. The molecule has 2 unspecified atom stereocenters. The van der Waals surface area contributed by atoms with Crippen LogP contribution in [-0.2, 0) is 12.1 Å². The zero-order valence-electron chi connectivity index (χ0n) is 12.3. The summed E-state index contributed by atoms with van der Waals surface area (Å²) in [5, 5.41) is 8.48. The normalized spacial score (nSPS) is 24.5. The van der Waals surface area contributed by atoms with E-state index in [-0.39, 0.29) is 17.9 Å². The van der Waals surface area contributed by atoms with E-state index in [1.807, 2.05) is 4.68 Å². The lowest BCUT2D eigenvalue weighted by molar-refractivity contribution is 0.252. The lowest BCUT2D eigenvalue weighted by Crippen LogP contribution is -2.27. The van der Waals surface area contributed by atoms with Crippen LogP contribution >= 0.6 is 12.4 Å². The Morgan fingerprint density at radius 2 is 2.11 bits per heavy atom. The van der Waals surface area contributed by atoms with E-state index in [0.29, 0.717) is 12.0 Å². The van der Waals surface area contributed by atoms with E-state index in [2.05, 4.69) is 49.1 Å². The van der Waals surface area contributed by atoms with Gasteiger partial charge in [0, 0.05) is 19.1 Å². The average Bonchev–Trinajstić information content (AvgIpc) is 2.86. The molecule has 110 valence electrons. The third kappa shape index (κ3) is 3.91. The van der Waals surface area contributed by atoms with Crippen LogP contribution in [0.1, 0.15) is 39.8 Å². The highest BCUT2D eigenvalue weighted by Gasteiger charge is 2.28. The highest BCUT2D eigenvalue weighted by Crippen LogP contribution is 2.23. The van der Waals surface area contributed by atoms with Gasteiger partial charge in [-0.1, -0.05) is 5.21 Å². The number of hydrogen-bond acceptors (Lipinski definition) is 4. The summed E-state index contributed by atoms with van der Waals surface area (Å²) in [6, 6.07) is 0.596. The van der Waals surface area contributed by atoms with Crippen molar-refractivity contribution >= 4 is 12.4 Å². The summed E-state index contributed by atoms with van der Waals surface area (Å²) >= 11 is 0. The maximum atomic E-state index is 5.75. The number of nitrogens with zero attached hydrogens (tertiary/aromatic N) is 4. The maximum Gasteiger partial charge on any atom is 0.0967 e. The highest BCUT2D eigenvalue weighted by atomic mass is 35.5. The van der Waals surface area contributed by atoms with Crippen molar-refractivity contribution in [1.29, 1.82) is 0 Å². The molecule has 0 radical (unpaired) electrons. The van der Waals surface area contributed by atoms with Crippen molar-refractivity contribution in [2.24, 2.45) is 11.7 Å². The fourth-order valence-electron chi connectivity index (χ4n) is 2.52. The van der Waals surface area contributed by atoms with Gasteiger partial charge in [0.15, 0.2) is 0 Å². The number of nitrogens with two attached hydrogens (primary N) is 1. The Morgan fingerprint density at radius 1 is 1.42 bits per heavy atom. The Labute approximate surface area is 121 Å². The summed E-state index contributed by atoms with van der Waals surface area (Å²) < 4.78 is 1.93. The van der Waals surface area contributed by atoms with E-state index >= 15 is 0 Å². The molecule has 5 nitrogen and oxygen atoms in total. The smallest absolute Gasteiger partial charge is 0.0967 e. The number of aromatic nitrogens is 3. The Balaban J connectivity index is 0.00000180. The summed E-state index contributed by atoms with van der Waals surface area (Å²) in [6.07, 6.45) is 3.26. The van der Waals surface area contributed by atoms with Gasteiger partial charge in [-0.25, -0.2) is 4.68 Å². The monoisotopic (exact) mass is 287 g/mol. The largest absolute Gasteiger partial charge is 0.330 e. The Morgan fingerprint density at radius 3 is 2.58 bits per heavy atom. The van der Waals surface area contributed by atoms with Crippen LogP contribution in [0.4, 0.5) is 0 Å². The summed E-state index contributed by atoms with van der Waals surface area (Å²) in [6.45, 7) is 11.4. The van der Waals surface area contributed by atoms with Gasteiger partial charge in [-0.05, 0) is 46.6 Å². The van der Waals surface area contributed by atoms with E-state index < -0.39 is 0 Å². The van der Waals surface area contributed by atoms with Gasteiger partial charge in [0.25, 0.3) is 0 Å². The van der Waals surface area contributed by atoms with Crippen LogP contribution < -0.4 is 5.73 Å². The summed E-state index contributed by atoms with van der Waals surface area (Å²) in [4.78, 5) is 2.45. The second-order valence-corrected chi connectivity index (χ2v) is 6.44. The molecule has 0 amide bonds. The molecule has 0 aromatic carbocycles.